The molecule has 0 N–H and O–H groups in total. The van der Waals surface area contributed by atoms with Crippen molar-refractivity contribution in [2.75, 3.05) is 0 Å². The average Bonchev–Trinajstić information content (AvgIpc) is 2.25. The van der Waals surface area contributed by atoms with E-state index in [1.807, 2.05) is 0 Å². The Labute approximate surface area is 93.7 Å². The van der Waals surface area contributed by atoms with Crippen LogP contribution in [-0.4, -0.2) is 4.98 Å². The Morgan fingerprint density at radius 1 is 1.31 bits per heavy atom. The van der Waals surface area contributed by atoms with Crippen LogP contribution in [0.5, 0.6) is 0 Å². The molecule has 1 aromatic heterocycles. The van der Waals surface area contributed by atoms with Crippen molar-refractivity contribution < 1.29 is 13.2 Å². The van der Waals surface area contributed by atoms with E-state index >= 15 is 0 Å². The topological polar surface area (TPSA) is 12.9 Å². The highest BCUT2D eigenvalue weighted by molar-refractivity contribution is 5.16. The first-order chi connectivity index (χ1) is 7.43. The van der Waals surface area contributed by atoms with Crippen LogP contribution < -0.4 is 0 Å². The minimum absolute atomic E-state index is 0.599. The molecule has 0 aliphatic rings. The zero-order chi connectivity index (χ0) is 12.2. The van der Waals surface area contributed by atoms with Gasteiger partial charge in [0.2, 0.25) is 0 Å². The monoisotopic (exact) mass is 231 g/mol. The van der Waals surface area contributed by atoms with Gasteiger partial charge in [-0.1, -0.05) is 26.3 Å². The molecule has 0 aliphatic carbocycles. The molecule has 0 bridgehead atoms. The van der Waals surface area contributed by atoms with Crippen LogP contribution in [0.4, 0.5) is 13.2 Å². The third kappa shape index (κ3) is 3.83. The molecule has 0 fully saturated rings. The maximum Gasteiger partial charge on any atom is 0.433 e. The van der Waals surface area contributed by atoms with Gasteiger partial charge in [-0.25, -0.2) is 0 Å². The van der Waals surface area contributed by atoms with Gasteiger partial charge in [0.05, 0.1) is 0 Å². The number of hydrogen-bond acceptors (Lipinski definition) is 1. The van der Waals surface area contributed by atoms with Crippen molar-refractivity contribution in [2.45, 2.75) is 39.3 Å². The first-order valence-electron chi connectivity index (χ1n) is 5.45. The second-order valence-corrected chi connectivity index (χ2v) is 4.10. The Balaban J connectivity index is 2.58. The van der Waals surface area contributed by atoms with Crippen LogP contribution in [0, 0.1) is 5.92 Å². The second-order valence-electron chi connectivity index (χ2n) is 4.10. The summed E-state index contributed by atoms with van der Waals surface area (Å²) in [5.41, 5.74) is 0.0492. The summed E-state index contributed by atoms with van der Waals surface area (Å²) < 4.78 is 36.7. The van der Waals surface area contributed by atoms with Crippen LogP contribution in [0.3, 0.4) is 0 Å². The lowest BCUT2D eigenvalue weighted by Gasteiger charge is -2.09. The summed E-state index contributed by atoms with van der Waals surface area (Å²) in [5.74, 6) is 0.599. The number of hydrogen-bond donors (Lipinski definition) is 0. The zero-order valence-corrected chi connectivity index (χ0v) is 9.51. The highest BCUT2D eigenvalue weighted by atomic mass is 19.4. The van der Waals surface area contributed by atoms with Gasteiger partial charge in [-0.2, -0.15) is 13.2 Å². The molecule has 0 spiro atoms. The third-order valence-corrected chi connectivity index (χ3v) is 2.74. The maximum absolute atomic E-state index is 12.2. The van der Waals surface area contributed by atoms with E-state index in [0.29, 0.717) is 5.92 Å². The predicted molar refractivity (Wildman–Crippen MR) is 57.0 cm³/mol. The molecule has 4 heteroatoms. The van der Waals surface area contributed by atoms with Crippen LogP contribution in [0.1, 0.15) is 37.9 Å². The zero-order valence-electron chi connectivity index (χ0n) is 9.51. The van der Waals surface area contributed by atoms with Crippen molar-refractivity contribution in [3.63, 3.8) is 0 Å². The van der Waals surface area contributed by atoms with E-state index in [0.717, 1.165) is 30.9 Å². The van der Waals surface area contributed by atoms with E-state index in [1.54, 1.807) is 0 Å². The van der Waals surface area contributed by atoms with Crippen LogP contribution in [0.25, 0.3) is 0 Å². The summed E-state index contributed by atoms with van der Waals surface area (Å²) in [6.45, 7) is 4.24. The molecule has 0 saturated carbocycles. The lowest BCUT2D eigenvalue weighted by Crippen LogP contribution is -2.07. The van der Waals surface area contributed by atoms with Gasteiger partial charge in [0.25, 0.3) is 0 Å². The molecule has 1 unspecified atom stereocenters. The number of rotatable bonds is 4. The van der Waals surface area contributed by atoms with Crippen molar-refractivity contribution in [3.05, 3.63) is 29.6 Å². The van der Waals surface area contributed by atoms with E-state index in [4.69, 9.17) is 0 Å². The highest BCUT2D eigenvalue weighted by Crippen LogP contribution is 2.27. The highest BCUT2D eigenvalue weighted by Gasteiger charge is 2.31. The maximum atomic E-state index is 12.2. The van der Waals surface area contributed by atoms with E-state index in [2.05, 4.69) is 18.8 Å². The van der Waals surface area contributed by atoms with Gasteiger partial charge in [-0.3, -0.25) is 4.98 Å². The van der Waals surface area contributed by atoms with Gasteiger partial charge in [-0.15, -0.1) is 0 Å². The summed E-state index contributed by atoms with van der Waals surface area (Å²) in [6.07, 6.45) is -0.141. The normalized spacial score (nSPS) is 13.8. The van der Waals surface area contributed by atoms with Crippen LogP contribution in [0.2, 0.25) is 0 Å². The van der Waals surface area contributed by atoms with Gasteiger partial charge < -0.3 is 0 Å². The fourth-order valence-electron chi connectivity index (χ4n) is 1.36. The number of aryl methyl sites for hydroxylation is 1. The van der Waals surface area contributed by atoms with E-state index in [1.165, 1.54) is 12.3 Å². The SMILES string of the molecule is CCC(C)CCc1ccc(C(F)(F)F)nc1. The smallest absolute Gasteiger partial charge is 0.252 e. The summed E-state index contributed by atoms with van der Waals surface area (Å²) in [5, 5.41) is 0. The number of nitrogens with zero attached hydrogens (tertiary/aromatic N) is 1. The van der Waals surface area contributed by atoms with Gasteiger partial charge >= 0.3 is 6.18 Å². The first kappa shape index (κ1) is 13.0. The molecule has 0 saturated heterocycles. The number of alkyl halides is 3. The molecule has 1 aromatic rings. The summed E-state index contributed by atoms with van der Waals surface area (Å²) in [4.78, 5) is 3.43. The van der Waals surface area contributed by atoms with Crippen LogP contribution in [0.15, 0.2) is 18.3 Å². The van der Waals surface area contributed by atoms with E-state index < -0.39 is 11.9 Å². The van der Waals surface area contributed by atoms with E-state index in [-0.39, 0.29) is 0 Å². The van der Waals surface area contributed by atoms with Crippen molar-refractivity contribution in [1.82, 2.24) is 4.98 Å². The van der Waals surface area contributed by atoms with Crippen molar-refractivity contribution in [2.24, 2.45) is 5.92 Å². The second kappa shape index (κ2) is 5.32. The van der Waals surface area contributed by atoms with E-state index in [9.17, 15) is 13.2 Å². The fraction of sp³-hybridized carbons (Fsp3) is 0.583. The van der Waals surface area contributed by atoms with Gasteiger partial charge in [0, 0.05) is 6.20 Å². The van der Waals surface area contributed by atoms with Gasteiger partial charge in [0.15, 0.2) is 0 Å². The lowest BCUT2D eigenvalue weighted by molar-refractivity contribution is -0.141. The standard InChI is InChI=1S/C12H16F3N/c1-3-9(2)4-5-10-6-7-11(16-8-10)12(13,14)15/h6-9H,3-5H2,1-2H3. The largest absolute Gasteiger partial charge is 0.433 e. The molecule has 16 heavy (non-hydrogen) atoms. The van der Waals surface area contributed by atoms with Crippen LogP contribution >= 0.6 is 0 Å². The quantitative estimate of drug-likeness (QED) is 0.760. The molecular formula is C12H16F3N. The average molecular weight is 231 g/mol. The first-order valence-corrected chi connectivity index (χ1v) is 5.45. The molecule has 0 aliphatic heterocycles. The summed E-state index contributed by atoms with van der Waals surface area (Å²) in [6, 6.07) is 2.56. The van der Waals surface area contributed by atoms with Crippen LogP contribution in [-0.2, 0) is 12.6 Å². The van der Waals surface area contributed by atoms with Crippen molar-refractivity contribution >= 4 is 0 Å². The van der Waals surface area contributed by atoms with Gasteiger partial charge in [-0.05, 0) is 30.4 Å². The molecule has 1 heterocycles. The van der Waals surface area contributed by atoms with Gasteiger partial charge in [0.1, 0.15) is 5.69 Å². The summed E-state index contributed by atoms with van der Waals surface area (Å²) in [7, 11) is 0. The molecule has 1 atom stereocenters. The predicted octanol–water partition coefficient (Wildman–Crippen LogP) is 4.08. The summed E-state index contributed by atoms with van der Waals surface area (Å²) >= 11 is 0. The molecular weight excluding hydrogens is 215 g/mol. The Bertz CT molecular complexity index is 316. The molecule has 0 amide bonds. The molecule has 90 valence electrons. The fourth-order valence-corrected chi connectivity index (χ4v) is 1.36. The minimum atomic E-state index is -4.34. The third-order valence-electron chi connectivity index (χ3n) is 2.74. The number of pyridine rings is 1. The lowest BCUT2D eigenvalue weighted by atomic mass is 10.00. The van der Waals surface area contributed by atoms with Crippen molar-refractivity contribution in [1.29, 1.82) is 0 Å². The Morgan fingerprint density at radius 3 is 2.44 bits per heavy atom. The Kier molecular flexibility index (Phi) is 4.33. The number of halogens is 3. The van der Waals surface area contributed by atoms with Crippen molar-refractivity contribution in [3.8, 4) is 0 Å². The molecule has 1 rings (SSSR count). The Morgan fingerprint density at radius 2 is 2.00 bits per heavy atom. The molecule has 1 nitrogen and oxygen atoms in total. The molecule has 0 radical (unpaired) electrons. The molecule has 0 aromatic carbocycles. The minimum Gasteiger partial charge on any atom is -0.252 e. The number of aromatic nitrogens is 1. The Hall–Kier alpha value is -1.06.